The van der Waals surface area contributed by atoms with Gasteiger partial charge in [0.25, 0.3) is 0 Å². The summed E-state index contributed by atoms with van der Waals surface area (Å²) in [6, 6.07) is 11.5. The lowest BCUT2D eigenvalue weighted by Gasteiger charge is -2.15. The summed E-state index contributed by atoms with van der Waals surface area (Å²) in [5, 5.41) is 3.32. The Morgan fingerprint density at radius 1 is 1.09 bits per heavy atom. The van der Waals surface area contributed by atoms with Crippen molar-refractivity contribution in [3.8, 4) is 0 Å². The van der Waals surface area contributed by atoms with Crippen molar-refractivity contribution in [2.24, 2.45) is 0 Å². The van der Waals surface area contributed by atoms with E-state index in [9.17, 15) is 8.42 Å². The van der Waals surface area contributed by atoms with Crippen LogP contribution in [-0.4, -0.2) is 31.8 Å². The van der Waals surface area contributed by atoms with E-state index >= 15 is 0 Å². The third-order valence-electron chi connectivity index (χ3n) is 3.34. The maximum atomic E-state index is 11.8. The van der Waals surface area contributed by atoms with E-state index in [2.05, 4.69) is 34.9 Å². The second kappa shape index (κ2) is 6.97. The predicted octanol–water partition coefficient (Wildman–Crippen LogP) is 3.17. The average molecular weight is 334 g/mol. The number of nitrogens with one attached hydrogen (secondary N) is 2. The molecule has 0 saturated heterocycles. The molecule has 23 heavy (non-hydrogen) atoms. The molecule has 0 fully saturated rings. The summed E-state index contributed by atoms with van der Waals surface area (Å²) in [4.78, 5) is 4.14. The number of nitrogens with zero attached hydrogens (tertiary/aromatic N) is 2. The Morgan fingerprint density at radius 3 is 2.35 bits per heavy atom. The van der Waals surface area contributed by atoms with E-state index in [1.54, 1.807) is 18.3 Å². The number of para-hydroxylation sites is 1. The van der Waals surface area contributed by atoms with E-state index in [4.69, 9.17) is 0 Å². The number of hydrogen-bond donors (Lipinski definition) is 2. The van der Waals surface area contributed by atoms with Gasteiger partial charge in [-0.15, -0.1) is 0 Å². The van der Waals surface area contributed by atoms with Crippen molar-refractivity contribution in [2.75, 3.05) is 24.1 Å². The van der Waals surface area contributed by atoms with Crippen LogP contribution >= 0.6 is 0 Å². The van der Waals surface area contributed by atoms with E-state index < -0.39 is 10.2 Å². The molecule has 0 amide bonds. The van der Waals surface area contributed by atoms with Gasteiger partial charge < -0.3 is 5.32 Å². The van der Waals surface area contributed by atoms with Crippen LogP contribution in [0.5, 0.6) is 0 Å². The Bertz CT molecular complexity index is 756. The Morgan fingerprint density at radius 2 is 1.78 bits per heavy atom. The van der Waals surface area contributed by atoms with Crippen molar-refractivity contribution in [1.82, 2.24) is 9.29 Å². The first-order valence-electron chi connectivity index (χ1n) is 7.32. The third kappa shape index (κ3) is 4.43. The molecule has 1 aromatic heterocycles. The van der Waals surface area contributed by atoms with Gasteiger partial charge in [0, 0.05) is 19.8 Å². The number of benzene rings is 1. The summed E-state index contributed by atoms with van der Waals surface area (Å²) in [6.45, 7) is 4.27. The van der Waals surface area contributed by atoms with Gasteiger partial charge in [0.15, 0.2) is 0 Å². The van der Waals surface area contributed by atoms with Gasteiger partial charge in [-0.05, 0) is 29.7 Å². The minimum atomic E-state index is -3.54. The van der Waals surface area contributed by atoms with Gasteiger partial charge in [-0.1, -0.05) is 32.0 Å². The third-order valence-corrected chi connectivity index (χ3v) is 4.77. The maximum absolute atomic E-state index is 11.8. The van der Waals surface area contributed by atoms with Gasteiger partial charge in [-0.25, -0.2) is 4.98 Å². The van der Waals surface area contributed by atoms with Gasteiger partial charge in [0.05, 0.1) is 11.9 Å². The van der Waals surface area contributed by atoms with Gasteiger partial charge >= 0.3 is 10.2 Å². The number of hydrogen-bond acceptors (Lipinski definition) is 4. The summed E-state index contributed by atoms with van der Waals surface area (Å²) in [7, 11) is -0.622. The standard InChI is InChI=1S/C16H22N4O2S/c1-12(2)14-7-5-6-8-15(14)18-13-9-10-16(17-11-13)19-23(21,22)20(3)4/h5-12,18H,1-4H3,(H,17,19). The van der Waals surface area contributed by atoms with Crippen LogP contribution in [0.15, 0.2) is 42.6 Å². The van der Waals surface area contributed by atoms with Crippen molar-refractivity contribution >= 4 is 27.4 Å². The zero-order valence-electron chi connectivity index (χ0n) is 13.7. The lowest BCUT2D eigenvalue weighted by Crippen LogP contribution is -2.29. The van der Waals surface area contributed by atoms with Crippen LogP contribution in [0.3, 0.4) is 0 Å². The van der Waals surface area contributed by atoms with Gasteiger partial charge in [-0.3, -0.25) is 4.72 Å². The Kier molecular flexibility index (Phi) is 5.23. The van der Waals surface area contributed by atoms with Crippen molar-refractivity contribution in [3.05, 3.63) is 48.2 Å². The molecule has 1 heterocycles. The monoisotopic (exact) mass is 334 g/mol. The molecule has 0 aliphatic heterocycles. The lowest BCUT2D eigenvalue weighted by molar-refractivity contribution is 0.526. The fraction of sp³-hybridized carbons (Fsp3) is 0.312. The second-order valence-corrected chi connectivity index (χ2v) is 7.57. The molecule has 2 rings (SSSR count). The molecule has 0 aliphatic carbocycles. The molecule has 7 heteroatoms. The second-order valence-electron chi connectivity index (χ2n) is 5.69. The molecule has 1 aromatic carbocycles. The minimum absolute atomic E-state index is 0.279. The average Bonchev–Trinajstić information content (AvgIpc) is 2.49. The van der Waals surface area contributed by atoms with E-state index in [0.717, 1.165) is 15.7 Å². The molecule has 2 aromatic rings. The molecule has 6 nitrogen and oxygen atoms in total. The number of pyridine rings is 1. The molecule has 124 valence electrons. The van der Waals surface area contributed by atoms with Crippen LogP contribution in [0.2, 0.25) is 0 Å². The first-order chi connectivity index (χ1) is 10.8. The first-order valence-corrected chi connectivity index (χ1v) is 8.76. The molecular formula is C16H22N4O2S. The van der Waals surface area contributed by atoms with Crippen LogP contribution in [0.1, 0.15) is 25.3 Å². The van der Waals surface area contributed by atoms with Crippen molar-refractivity contribution in [3.63, 3.8) is 0 Å². The highest BCUT2D eigenvalue weighted by Gasteiger charge is 2.13. The highest BCUT2D eigenvalue weighted by atomic mass is 32.2. The van der Waals surface area contributed by atoms with Crippen molar-refractivity contribution in [2.45, 2.75) is 19.8 Å². The molecular weight excluding hydrogens is 312 g/mol. The highest BCUT2D eigenvalue weighted by molar-refractivity contribution is 7.90. The Hall–Kier alpha value is -2.12. The predicted molar refractivity (Wildman–Crippen MR) is 94.3 cm³/mol. The molecule has 0 aliphatic rings. The van der Waals surface area contributed by atoms with Crippen LogP contribution < -0.4 is 10.0 Å². The smallest absolute Gasteiger partial charge is 0.302 e. The SMILES string of the molecule is CC(C)c1ccccc1Nc1ccc(NS(=O)(=O)N(C)C)nc1. The number of rotatable bonds is 6. The van der Waals surface area contributed by atoms with Crippen LogP contribution in [0.25, 0.3) is 0 Å². The molecule has 0 bridgehead atoms. The van der Waals surface area contributed by atoms with E-state index in [0.29, 0.717) is 5.92 Å². The topological polar surface area (TPSA) is 74.3 Å². The zero-order chi connectivity index (χ0) is 17.0. The number of aromatic nitrogens is 1. The summed E-state index contributed by atoms with van der Waals surface area (Å²) in [5.74, 6) is 0.680. The van der Waals surface area contributed by atoms with Gasteiger partial charge in [0.1, 0.15) is 5.82 Å². The maximum Gasteiger partial charge on any atom is 0.302 e. The Labute approximate surface area is 137 Å². The Balaban J connectivity index is 2.15. The van der Waals surface area contributed by atoms with Crippen LogP contribution in [-0.2, 0) is 10.2 Å². The summed E-state index contributed by atoms with van der Waals surface area (Å²) in [6.07, 6.45) is 1.60. The van der Waals surface area contributed by atoms with Crippen LogP contribution in [0, 0.1) is 0 Å². The zero-order valence-corrected chi connectivity index (χ0v) is 14.6. The largest absolute Gasteiger partial charge is 0.354 e. The molecule has 0 saturated carbocycles. The van der Waals surface area contributed by atoms with E-state index in [-0.39, 0.29) is 5.82 Å². The van der Waals surface area contributed by atoms with E-state index in [1.165, 1.54) is 19.7 Å². The quantitative estimate of drug-likeness (QED) is 0.851. The normalized spacial score (nSPS) is 11.7. The lowest BCUT2D eigenvalue weighted by atomic mass is 10.0. The summed E-state index contributed by atoms with van der Waals surface area (Å²) < 4.78 is 27.0. The van der Waals surface area contributed by atoms with Crippen molar-refractivity contribution < 1.29 is 8.42 Å². The molecule has 0 radical (unpaired) electrons. The summed E-state index contributed by atoms with van der Waals surface area (Å²) >= 11 is 0. The number of anilines is 3. The van der Waals surface area contributed by atoms with Crippen LogP contribution in [0.4, 0.5) is 17.2 Å². The fourth-order valence-electron chi connectivity index (χ4n) is 2.02. The molecule has 0 unspecified atom stereocenters. The fourth-order valence-corrected chi connectivity index (χ4v) is 2.59. The minimum Gasteiger partial charge on any atom is -0.354 e. The van der Waals surface area contributed by atoms with E-state index in [1.807, 2.05) is 18.2 Å². The first kappa shape index (κ1) is 17.2. The highest BCUT2D eigenvalue weighted by Crippen LogP contribution is 2.26. The van der Waals surface area contributed by atoms with Crippen molar-refractivity contribution in [1.29, 1.82) is 0 Å². The van der Waals surface area contributed by atoms with Gasteiger partial charge in [0.2, 0.25) is 0 Å². The molecule has 0 atom stereocenters. The summed E-state index contributed by atoms with van der Waals surface area (Å²) in [5.41, 5.74) is 3.03. The van der Waals surface area contributed by atoms with Gasteiger partial charge in [-0.2, -0.15) is 12.7 Å². The molecule has 2 N–H and O–H groups in total. The molecule has 0 spiro atoms.